The van der Waals surface area contributed by atoms with Gasteiger partial charge in [0, 0.05) is 6.04 Å². The Balaban J connectivity index is 2.89. The number of hydrogen-bond donors (Lipinski definition) is 4. The monoisotopic (exact) mass is 290 g/mol. The zero-order valence-corrected chi connectivity index (χ0v) is 12.6. The lowest BCUT2D eigenvalue weighted by atomic mass is 9.84. The number of nitrogens with two attached hydrogens (primary N) is 1. The van der Waals surface area contributed by atoms with Crippen molar-refractivity contribution in [2.75, 3.05) is 0 Å². The SMILES string of the molecule is CC(C)NS(=O)(=O)NC1(C(=N)N)CCCCCCC1. The summed E-state index contributed by atoms with van der Waals surface area (Å²) >= 11 is 0. The Bertz CT molecular complexity index is 398. The summed E-state index contributed by atoms with van der Waals surface area (Å²) in [4.78, 5) is 0. The molecule has 0 saturated heterocycles. The summed E-state index contributed by atoms with van der Waals surface area (Å²) < 4.78 is 29.2. The fourth-order valence-corrected chi connectivity index (χ4v) is 4.04. The van der Waals surface area contributed by atoms with Gasteiger partial charge in [-0.1, -0.05) is 32.1 Å². The molecule has 1 rings (SSSR count). The van der Waals surface area contributed by atoms with Gasteiger partial charge in [-0.3, -0.25) is 5.41 Å². The highest BCUT2D eigenvalue weighted by Gasteiger charge is 2.37. The molecular formula is C12H26N4O2S. The molecule has 0 aromatic rings. The molecule has 1 aliphatic rings. The molecule has 0 aromatic heterocycles. The highest BCUT2D eigenvalue weighted by atomic mass is 32.2. The lowest BCUT2D eigenvalue weighted by Crippen LogP contribution is -2.60. The van der Waals surface area contributed by atoms with Crippen LogP contribution in [-0.2, 0) is 10.2 Å². The minimum absolute atomic E-state index is 0.0801. The van der Waals surface area contributed by atoms with Crippen molar-refractivity contribution in [2.45, 2.75) is 70.4 Å². The van der Waals surface area contributed by atoms with Gasteiger partial charge in [-0.05, 0) is 26.7 Å². The molecule has 0 aliphatic heterocycles. The smallest absolute Gasteiger partial charge is 0.278 e. The van der Waals surface area contributed by atoms with E-state index >= 15 is 0 Å². The summed E-state index contributed by atoms with van der Waals surface area (Å²) in [6.07, 6.45) is 6.28. The van der Waals surface area contributed by atoms with Gasteiger partial charge in [0.25, 0.3) is 10.2 Å². The van der Waals surface area contributed by atoms with Gasteiger partial charge in [0.05, 0.1) is 5.54 Å². The van der Waals surface area contributed by atoms with Crippen molar-refractivity contribution >= 4 is 16.0 Å². The Morgan fingerprint density at radius 1 is 1.16 bits per heavy atom. The average molecular weight is 290 g/mol. The second kappa shape index (κ2) is 6.67. The molecule has 0 atom stereocenters. The highest BCUT2D eigenvalue weighted by molar-refractivity contribution is 7.87. The standard InChI is InChI=1S/C12H26N4O2S/c1-10(2)15-19(17,18)16-12(11(13)14)8-6-4-3-5-7-9-12/h10,15-16H,3-9H2,1-2H3,(H3,13,14). The van der Waals surface area contributed by atoms with Gasteiger partial charge in [-0.15, -0.1) is 0 Å². The van der Waals surface area contributed by atoms with Gasteiger partial charge in [-0.25, -0.2) is 0 Å². The van der Waals surface area contributed by atoms with Crippen molar-refractivity contribution in [2.24, 2.45) is 5.73 Å². The van der Waals surface area contributed by atoms with Crippen LogP contribution in [0, 0.1) is 5.41 Å². The predicted molar refractivity (Wildman–Crippen MR) is 77.3 cm³/mol. The Labute approximate surface area is 116 Å². The summed E-state index contributed by atoms with van der Waals surface area (Å²) in [5.74, 6) is -0.0801. The summed E-state index contributed by atoms with van der Waals surface area (Å²) in [6, 6.07) is -0.185. The molecule has 0 unspecified atom stereocenters. The molecule has 0 aromatic carbocycles. The first-order chi connectivity index (χ1) is 8.77. The van der Waals surface area contributed by atoms with Crippen LogP contribution in [0.15, 0.2) is 0 Å². The number of hydrogen-bond acceptors (Lipinski definition) is 3. The maximum Gasteiger partial charge on any atom is 0.278 e. The summed E-state index contributed by atoms with van der Waals surface area (Å²) in [5.41, 5.74) is 4.77. The van der Waals surface area contributed by atoms with Crippen molar-refractivity contribution in [1.29, 1.82) is 5.41 Å². The average Bonchev–Trinajstić information content (AvgIpc) is 2.19. The predicted octanol–water partition coefficient (Wildman–Crippen LogP) is 1.24. The van der Waals surface area contributed by atoms with E-state index in [0.29, 0.717) is 12.8 Å². The number of amidine groups is 1. The molecule has 1 saturated carbocycles. The van der Waals surface area contributed by atoms with Crippen molar-refractivity contribution in [3.63, 3.8) is 0 Å². The Kier molecular flexibility index (Phi) is 5.76. The van der Waals surface area contributed by atoms with Crippen LogP contribution in [0.3, 0.4) is 0 Å². The first-order valence-electron chi connectivity index (χ1n) is 6.93. The maximum absolute atomic E-state index is 12.0. The van der Waals surface area contributed by atoms with Gasteiger partial charge < -0.3 is 5.73 Å². The Hall–Kier alpha value is -0.660. The third-order valence-electron chi connectivity index (χ3n) is 3.44. The molecular weight excluding hydrogens is 264 g/mol. The minimum Gasteiger partial charge on any atom is -0.386 e. The second-order valence-corrected chi connectivity index (χ2v) is 7.09. The van der Waals surface area contributed by atoms with E-state index in [4.69, 9.17) is 11.1 Å². The summed E-state index contributed by atoms with van der Waals surface area (Å²) in [6.45, 7) is 3.52. The summed E-state index contributed by atoms with van der Waals surface area (Å²) in [5, 5.41) is 7.79. The molecule has 6 nitrogen and oxygen atoms in total. The quantitative estimate of drug-likeness (QED) is 0.452. The number of nitrogens with one attached hydrogen (secondary N) is 3. The molecule has 0 heterocycles. The van der Waals surface area contributed by atoms with E-state index in [2.05, 4.69) is 9.44 Å². The first kappa shape index (κ1) is 16.4. The van der Waals surface area contributed by atoms with Crippen molar-refractivity contribution in [1.82, 2.24) is 9.44 Å². The van der Waals surface area contributed by atoms with E-state index in [1.165, 1.54) is 6.42 Å². The van der Waals surface area contributed by atoms with Crippen LogP contribution in [0.2, 0.25) is 0 Å². The van der Waals surface area contributed by atoms with Gasteiger partial charge in [0.15, 0.2) is 0 Å². The third kappa shape index (κ3) is 5.08. The fraction of sp³-hybridized carbons (Fsp3) is 0.917. The Morgan fingerprint density at radius 2 is 1.63 bits per heavy atom. The van der Waals surface area contributed by atoms with E-state index in [-0.39, 0.29) is 11.9 Å². The van der Waals surface area contributed by atoms with Gasteiger partial charge in [0.2, 0.25) is 0 Å². The van der Waals surface area contributed by atoms with Crippen LogP contribution in [0.5, 0.6) is 0 Å². The fourth-order valence-electron chi connectivity index (χ4n) is 2.53. The van der Waals surface area contributed by atoms with Gasteiger partial charge >= 0.3 is 0 Å². The molecule has 112 valence electrons. The van der Waals surface area contributed by atoms with Gasteiger partial charge in [0.1, 0.15) is 5.84 Å². The van der Waals surface area contributed by atoms with Crippen molar-refractivity contribution in [3.8, 4) is 0 Å². The maximum atomic E-state index is 12.0. The topological polar surface area (TPSA) is 108 Å². The molecule has 0 amide bonds. The van der Waals surface area contributed by atoms with Crippen LogP contribution >= 0.6 is 0 Å². The van der Waals surface area contributed by atoms with E-state index < -0.39 is 15.7 Å². The van der Waals surface area contributed by atoms with Crippen LogP contribution in [0.4, 0.5) is 0 Å². The molecule has 0 spiro atoms. The molecule has 5 N–H and O–H groups in total. The zero-order valence-electron chi connectivity index (χ0n) is 11.8. The largest absolute Gasteiger partial charge is 0.386 e. The van der Waals surface area contributed by atoms with E-state index in [0.717, 1.165) is 25.7 Å². The molecule has 0 radical (unpaired) electrons. The molecule has 1 aliphatic carbocycles. The van der Waals surface area contributed by atoms with E-state index in [1.54, 1.807) is 13.8 Å². The zero-order chi connectivity index (χ0) is 14.5. The van der Waals surface area contributed by atoms with Crippen molar-refractivity contribution in [3.05, 3.63) is 0 Å². The van der Waals surface area contributed by atoms with E-state index in [1.807, 2.05) is 0 Å². The van der Waals surface area contributed by atoms with E-state index in [9.17, 15) is 8.42 Å². The van der Waals surface area contributed by atoms with Crippen LogP contribution in [0.1, 0.15) is 58.8 Å². The Morgan fingerprint density at radius 3 is 2.05 bits per heavy atom. The minimum atomic E-state index is -3.63. The van der Waals surface area contributed by atoms with Crippen LogP contribution in [-0.4, -0.2) is 25.8 Å². The lowest BCUT2D eigenvalue weighted by Gasteiger charge is -2.35. The van der Waals surface area contributed by atoms with Gasteiger partial charge in [-0.2, -0.15) is 17.9 Å². The first-order valence-corrected chi connectivity index (χ1v) is 8.41. The summed E-state index contributed by atoms with van der Waals surface area (Å²) in [7, 11) is -3.63. The third-order valence-corrected chi connectivity index (χ3v) is 4.88. The molecule has 1 fully saturated rings. The molecule has 7 heteroatoms. The molecule has 0 bridgehead atoms. The van der Waals surface area contributed by atoms with Crippen LogP contribution in [0.25, 0.3) is 0 Å². The number of rotatable bonds is 5. The second-order valence-electron chi connectivity index (χ2n) is 5.64. The van der Waals surface area contributed by atoms with Crippen LogP contribution < -0.4 is 15.2 Å². The highest BCUT2D eigenvalue weighted by Crippen LogP contribution is 2.27. The molecule has 19 heavy (non-hydrogen) atoms. The van der Waals surface area contributed by atoms with Crippen molar-refractivity contribution < 1.29 is 8.42 Å². The normalized spacial score (nSPS) is 20.8. The lowest BCUT2D eigenvalue weighted by molar-refractivity contribution is 0.364.